The fourth-order valence-electron chi connectivity index (χ4n) is 2.33. The van der Waals surface area contributed by atoms with Crippen LogP contribution < -0.4 is 5.56 Å². The van der Waals surface area contributed by atoms with Crippen molar-refractivity contribution >= 4 is 17.5 Å². The van der Waals surface area contributed by atoms with Crippen molar-refractivity contribution in [1.82, 2.24) is 14.5 Å². The molecular formula is C13H18ClN3O2. The molecule has 1 aromatic heterocycles. The van der Waals surface area contributed by atoms with Gasteiger partial charge in [0.05, 0.1) is 0 Å². The van der Waals surface area contributed by atoms with E-state index in [0.717, 1.165) is 25.9 Å². The van der Waals surface area contributed by atoms with E-state index in [0.29, 0.717) is 5.82 Å². The van der Waals surface area contributed by atoms with Crippen molar-refractivity contribution in [2.24, 2.45) is 0 Å². The average molecular weight is 284 g/mol. The number of carbonyl (C=O) groups is 1. The van der Waals surface area contributed by atoms with E-state index in [4.69, 9.17) is 11.6 Å². The molecule has 1 aliphatic rings. The summed E-state index contributed by atoms with van der Waals surface area (Å²) >= 11 is 5.71. The number of halogens is 1. The molecule has 0 radical (unpaired) electrons. The minimum atomic E-state index is -0.277. The van der Waals surface area contributed by atoms with Crippen LogP contribution in [-0.2, 0) is 11.3 Å². The standard InChI is InChI=1S/C13H18ClN3O2/c1-10-15-11(14)8-12(18)17(10)9-13(19)16-6-4-2-3-5-7-16/h8H,2-7,9H2,1H3. The van der Waals surface area contributed by atoms with E-state index in [1.165, 1.54) is 23.5 Å². The Hall–Kier alpha value is -1.36. The van der Waals surface area contributed by atoms with Crippen LogP contribution in [0.15, 0.2) is 10.9 Å². The molecule has 104 valence electrons. The number of hydrogen-bond acceptors (Lipinski definition) is 3. The number of likely N-dealkylation sites (tertiary alicyclic amines) is 1. The smallest absolute Gasteiger partial charge is 0.255 e. The summed E-state index contributed by atoms with van der Waals surface area (Å²) in [7, 11) is 0. The highest BCUT2D eigenvalue weighted by atomic mass is 35.5. The lowest BCUT2D eigenvalue weighted by molar-refractivity contribution is -0.131. The Kier molecular flexibility index (Phi) is 4.58. The molecule has 0 bridgehead atoms. The molecule has 1 aliphatic heterocycles. The first-order valence-corrected chi connectivity index (χ1v) is 6.97. The van der Waals surface area contributed by atoms with Crippen LogP contribution >= 0.6 is 11.6 Å². The van der Waals surface area contributed by atoms with Crippen molar-refractivity contribution in [3.8, 4) is 0 Å². The lowest BCUT2D eigenvalue weighted by atomic mass is 10.2. The fraction of sp³-hybridized carbons (Fsp3) is 0.615. The maximum Gasteiger partial charge on any atom is 0.255 e. The van der Waals surface area contributed by atoms with Gasteiger partial charge in [0.1, 0.15) is 17.5 Å². The number of hydrogen-bond donors (Lipinski definition) is 0. The normalized spacial score (nSPS) is 16.2. The molecule has 0 saturated carbocycles. The molecule has 1 aromatic rings. The largest absolute Gasteiger partial charge is 0.341 e. The first-order chi connectivity index (χ1) is 9.08. The maximum atomic E-state index is 12.2. The molecule has 0 unspecified atom stereocenters. The molecule has 2 rings (SSSR count). The van der Waals surface area contributed by atoms with Crippen molar-refractivity contribution in [2.45, 2.75) is 39.2 Å². The van der Waals surface area contributed by atoms with Crippen LogP contribution in [-0.4, -0.2) is 33.4 Å². The minimum absolute atomic E-state index is 0.0174. The van der Waals surface area contributed by atoms with Gasteiger partial charge in [-0.15, -0.1) is 0 Å². The highest BCUT2D eigenvalue weighted by Crippen LogP contribution is 2.10. The van der Waals surface area contributed by atoms with E-state index < -0.39 is 0 Å². The third-order valence-electron chi connectivity index (χ3n) is 3.42. The van der Waals surface area contributed by atoms with Gasteiger partial charge in [0.2, 0.25) is 5.91 Å². The summed E-state index contributed by atoms with van der Waals surface area (Å²) in [5.74, 6) is 0.455. The SMILES string of the molecule is Cc1nc(Cl)cc(=O)n1CC(=O)N1CCCCCC1. The van der Waals surface area contributed by atoms with Crippen LogP contribution in [0.2, 0.25) is 5.15 Å². The summed E-state index contributed by atoms with van der Waals surface area (Å²) in [6, 6.07) is 1.24. The summed E-state index contributed by atoms with van der Waals surface area (Å²) in [6.45, 7) is 3.30. The van der Waals surface area contributed by atoms with Crippen LogP contribution in [0.4, 0.5) is 0 Å². The van der Waals surface area contributed by atoms with Gasteiger partial charge in [0.25, 0.3) is 5.56 Å². The second-order valence-electron chi connectivity index (χ2n) is 4.85. The third-order valence-corrected chi connectivity index (χ3v) is 3.61. The summed E-state index contributed by atoms with van der Waals surface area (Å²) in [5.41, 5.74) is -0.277. The first-order valence-electron chi connectivity index (χ1n) is 6.59. The van der Waals surface area contributed by atoms with E-state index in [1.54, 1.807) is 6.92 Å². The van der Waals surface area contributed by atoms with Gasteiger partial charge in [-0.3, -0.25) is 14.2 Å². The minimum Gasteiger partial charge on any atom is -0.341 e. The number of aromatic nitrogens is 2. The van der Waals surface area contributed by atoms with E-state index >= 15 is 0 Å². The highest BCUT2D eigenvalue weighted by molar-refractivity contribution is 6.29. The lowest BCUT2D eigenvalue weighted by Crippen LogP contribution is -2.37. The Bertz CT molecular complexity index is 519. The number of rotatable bonds is 2. The zero-order valence-corrected chi connectivity index (χ0v) is 11.8. The number of aryl methyl sites for hydroxylation is 1. The van der Waals surface area contributed by atoms with E-state index in [-0.39, 0.29) is 23.2 Å². The van der Waals surface area contributed by atoms with Gasteiger partial charge in [-0.25, -0.2) is 4.98 Å². The number of carbonyl (C=O) groups excluding carboxylic acids is 1. The molecule has 1 amide bonds. The second-order valence-corrected chi connectivity index (χ2v) is 5.23. The molecule has 0 atom stereocenters. The Morgan fingerprint density at radius 1 is 1.32 bits per heavy atom. The summed E-state index contributed by atoms with van der Waals surface area (Å²) in [5, 5.41) is 0.168. The zero-order valence-electron chi connectivity index (χ0n) is 11.1. The van der Waals surface area contributed by atoms with Crippen LogP contribution in [0, 0.1) is 6.92 Å². The van der Waals surface area contributed by atoms with Gasteiger partial charge in [0.15, 0.2) is 0 Å². The van der Waals surface area contributed by atoms with Crippen molar-refractivity contribution in [1.29, 1.82) is 0 Å². The summed E-state index contributed by atoms with van der Waals surface area (Å²) < 4.78 is 1.37. The van der Waals surface area contributed by atoms with E-state index in [9.17, 15) is 9.59 Å². The molecule has 2 heterocycles. The molecule has 5 nitrogen and oxygen atoms in total. The van der Waals surface area contributed by atoms with Crippen molar-refractivity contribution in [3.63, 3.8) is 0 Å². The fourth-order valence-corrected chi connectivity index (χ4v) is 2.55. The predicted molar refractivity (Wildman–Crippen MR) is 73.3 cm³/mol. The van der Waals surface area contributed by atoms with Crippen LogP contribution in [0.3, 0.4) is 0 Å². The lowest BCUT2D eigenvalue weighted by Gasteiger charge is -2.21. The highest BCUT2D eigenvalue weighted by Gasteiger charge is 2.17. The van der Waals surface area contributed by atoms with Gasteiger partial charge in [-0.05, 0) is 19.8 Å². The predicted octanol–water partition coefficient (Wildman–Crippen LogP) is 1.61. The first kappa shape index (κ1) is 14.1. The van der Waals surface area contributed by atoms with Crippen molar-refractivity contribution in [3.05, 3.63) is 27.4 Å². The molecule has 0 spiro atoms. The Balaban J connectivity index is 2.12. The second kappa shape index (κ2) is 6.19. The Morgan fingerprint density at radius 2 is 1.95 bits per heavy atom. The molecule has 19 heavy (non-hydrogen) atoms. The number of nitrogens with zero attached hydrogens (tertiary/aromatic N) is 3. The van der Waals surface area contributed by atoms with Gasteiger partial charge < -0.3 is 4.90 Å². The monoisotopic (exact) mass is 283 g/mol. The van der Waals surface area contributed by atoms with Crippen molar-refractivity contribution in [2.75, 3.05) is 13.1 Å². The number of amides is 1. The molecule has 0 aromatic carbocycles. The van der Waals surface area contributed by atoms with Gasteiger partial charge in [0, 0.05) is 19.2 Å². The zero-order chi connectivity index (χ0) is 13.8. The van der Waals surface area contributed by atoms with E-state index in [1.807, 2.05) is 4.90 Å². The average Bonchev–Trinajstić information content (AvgIpc) is 2.62. The summed E-state index contributed by atoms with van der Waals surface area (Å²) in [4.78, 5) is 29.9. The van der Waals surface area contributed by atoms with Gasteiger partial charge in [-0.1, -0.05) is 24.4 Å². The van der Waals surface area contributed by atoms with Gasteiger partial charge >= 0.3 is 0 Å². The summed E-state index contributed by atoms with van der Waals surface area (Å²) in [6.07, 6.45) is 4.42. The molecular weight excluding hydrogens is 266 g/mol. The quantitative estimate of drug-likeness (QED) is 0.775. The maximum absolute atomic E-state index is 12.2. The molecule has 1 saturated heterocycles. The molecule has 0 aliphatic carbocycles. The van der Waals surface area contributed by atoms with E-state index in [2.05, 4.69) is 4.98 Å². The van der Waals surface area contributed by atoms with Gasteiger partial charge in [-0.2, -0.15) is 0 Å². The third kappa shape index (κ3) is 3.56. The molecule has 6 heteroatoms. The molecule has 1 fully saturated rings. The topological polar surface area (TPSA) is 55.2 Å². The van der Waals surface area contributed by atoms with Crippen LogP contribution in [0.5, 0.6) is 0 Å². The Labute approximate surface area is 117 Å². The molecule has 0 N–H and O–H groups in total. The van der Waals surface area contributed by atoms with Crippen molar-refractivity contribution < 1.29 is 4.79 Å². The van der Waals surface area contributed by atoms with Crippen LogP contribution in [0.25, 0.3) is 0 Å². The van der Waals surface area contributed by atoms with Crippen LogP contribution in [0.1, 0.15) is 31.5 Å². The Morgan fingerprint density at radius 3 is 2.53 bits per heavy atom.